The summed E-state index contributed by atoms with van der Waals surface area (Å²) in [4.78, 5) is 26.1. The maximum atomic E-state index is 12.5. The highest BCUT2D eigenvalue weighted by Crippen LogP contribution is 2.22. The number of nitrogens with one attached hydrogen (secondary N) is 2. The second kappa shape index (κ2) is 11.3. The molecule has 1 saturated heterocycles. The molecule has 3 amide bonds. The molecule has 0 unspecified atom stereocenters. The molecule has 33 heavy (non-hydrogen) atoms. The van der Waals surface area contributed by atoms with Gasteiger partial charge in [-0.25, -0.2) is 9.59 Å². The fourth-order valence-electron chi connectivity index (χ4n) is 3.46. The topological polar surface area (TPSA) is 79.9 Å². The summed E-state index contributed by atoms with van der Waals surface area (Å²) in [5, 5.41) is 6.36. The number of urea groups is 1. The van der Waals surface area contributed by atoms with Crippen LogP contribution in [0.25, 0.3) is 0 Å². The van der Waals surface area contributed by atoms with Crippen molar-refractivity contribution in [1.82, 2.24) is 15.5 Å². The molecule has 7 nitrogen and oxygen atoms in total. The van der Waals surface area contributed by atoms with Crippen LogP contribution in [-0.4, -0.2) is 41.8 Å². The summed E-state index contributed by atoms with van der Waals surface area (Å²) in [6, 6.07) is 15.0. The lowest BCUT2D eigenvalue weighted by Gasteiger charge is -2.32. The SMILES string of the molecule is CC(C)(C)OC(=O)NCc1ccc(CNC(=O)N2CCC(Oc3cccc(Cl)c3)CC2)cc1. The number of alkyl carbamates (subject to hydrolysis) is 1. The van der Waals surface area contributed by atoms with Crippen LogP contribution in [0.3, 0.4) is 0 Å². The Morgan fingerprint density at radius 2 is 1.61 bits per heavy atom. The van der Waals surface area contributed by atoms with Crippen molar-refractivity contribution in [2.45, 2.75) is 58.4 Å². The van der Waals surface area contributed by atoms with Crippen molar-refractivity contribution in [3.63, 3.8) is 0 Å². The van der Waals surface area contributed by atoms with E-state index in [1.807, 2.05) is 68.1 Å². The number of hydrogen-bond donors (Lipinski definition) is 2. The number of ether oxygens (including phenoxy) is 2. The predicted molar refractivity (Wildman–Crippen MR) is 128 cm³/mol. The maximum absolute atomic E-state index is 12.5. The van der Waals surface area contributed by atoms with Gasteiger partial charge in [-0.3, -0.25) is 0 Å². The van der Waals surface area contributed by atoms with Crippen molar-refractivity contribution in [3.8, 4) is 5.75 Å². The lowest BCUT2D eigenvalue weighted by molar-refractivity contribution is 0.0523. The molecule has 1 fully saturated rings. The second-order valence-corrected chi connectivity index (χ2v) is 9.53. The molecule has 0 saturated carbocycles. The zero-order valence-corrected chi connectivity index (χ0v) is 20.2. The Hall–Kier alpha value is -2.93. The first-order valence-electron chi connectivity index (χ1n) is 11.2. The van der Waals surface area contributed by atoms with Gasteiger partial charge in [0.25, 0.3) is 0 Å². The monoisotopic (exact) mass is 473 g/mol. The molecule has 178 valence electrons. The van der Waals surface area contributed by atoms with Gasteiger partial charge in [0.1, 0.15) is 17.5 Å². The van der Waals surface area contributed by atoms with Crippen molar-refractivity contribution >= 4 is 23.7 Å². The van der Waals surface area contributed by atoms with Crippen molar-refractivity contribution in [2.75, 3.05) is 13.1 Å². The van der Waals surface area contributed by atoms with Gasteiger partial charge in [0.05, 0.1) is 0 Å². The molecule has 1 heterocycles. The summed E-state index contributed by atoms with van der Waals surface area (Å²) in [5.41, 5.74) is 1.42. The van der Waals surface area contributed by atoms with Crippen molar-refractivity contribution in [1.29, 1.82) is 0 Å². The minimum absolute atomic E-state index is 0.0770. The number of likely N-dealkylation sites (tertiary alicyclic amines) is 1. The average Bonchev–Trinajstić information content (AvgIpc) is 2.76. The number of benzene rings is 2. The number of amides is 3. The van der Waals surface area contributed by atoms with Crippen molar-refractivity contribution < 1.29 is 19.1 Å². The van der Waals surface area contributed by atoms with E-state index in [0.29, 0.717) is 31.2 Å². The minimum Gasteiger partial charge on any atom is -0.490 e. The summed E-state index contributed by atoms with van der Waals surface area (Å²) in [6.07, 6.45) is 1.19. The third kappa shape index (κ3) is 8.50. The van der Waals surface area contributed by atoms with E-state index in [0.717, 1.165) is 29.7 Å². The van der Waals surface area contributed by atoms with Crippen LogP contribution < -0.4 is 15.4 Å². The zero-order valence-electron chi connectivity index (χ0n) is 19.4. The summed E-state index contributed by atoms with van der Waals surface area (Å²) in [6.45, 7) is 7.59. The first-order chi connectivity index (χ1) is 15.7. The summed E-state index contributed by atoms with van der Waals surface area (Å²) < 4.78 is 11.2. The fraction of sp³-hybridized carbons (Fsp3) is 0.440. The Balaban J connectivity index is 1.37. The Morgan fingerprint density at radius 1 is 1.00 bits per heavy atom. The van der Waals surface area contributed by atoms with E-state index in [9.17, 15) is 9.59 Å². The molecular formula is C25H32ClN3O4. The normalized spacial score (nSPS) is 14.5. The van der Waals surface area contributed by atoms with Crippen LogP contribution in [0.5, 0.6) is 5.75 Å². The third-order valence-corrected chi connectivity index (χ3v) is 5.37. The third-order valence-electron chi connectivity index (χ3n) is 5.13. The maximum Gasteiger partial charge on any atom is 0.407 e. The Morgan fingerprint density at radius 3 is 2.18 bits per heavy atom. The van der Waals surface area contributed by atoms with Gasteiger partial charge >= 0.3 is 12.1 Å². The molecule has 2 N–H and O–H groups in total. The molecule has 3 rings (SSSR count). The van der Waals surface area contributed by atoms with Crippen LogP contribution in [0.4, 0.5) is 9.59 Å². The van der Waals surface area contributed by atoms with Gasteiger partial charge in [-0.2, -0.15) is 0 Å². The second-order valence-electron chi connectivity index (χ2n) is 9.09. The highest BCUT2D eigenvalue weighted by Gasteiger charge is 2.24. The van der Waals surface area contributed by atoms with Gasteiger partial charge in [0.2, 0.25) is 0 Å². The van der Waals surface area contributed by atoms with Gasteiger partial charge in [-0.15, -0.1) is 0 Å². The van der Waals surface area contributed by atoms with Crippen LogP contribution in [0.1, 0.15) is 44.7 Å². The van der Waals surface area contributed by atoms with Crippen LogP contribution in [-0.2, 0) is 17.8 Å². The van der Waals surface area contributed by atoms with E-state index < -0.39 is 11.7 Å². The molecule has 0 bridgehead atoms. The van der Waals surface area contributed by atoms with Gasteiger partial charge in [-0.05, 0) is 50.1 Å². The van der Waals surface area contributed by atoms with Crippen LogP contribution in [0.15, 0.2) is 48.5 Å². The Kier molecular flexibility index (Phi) is 8.44. The van der Waals surface area contributed by atoms with Crippen LogP contribution >= 0.6 is 11.6 Å². The van der Waals surface area contributed by atoms with Gasteiger partial charge < -0.3 is 25.0 Å². The fourth-order valence-corrected chi connectivity index (χ4v) is 3.64. The van der Waals surface area contributed by atoms with Crippen LogP contribution in [0.2, 0.25) is 5.02 Å². The lowest BCUT2D eigenvalue weighted by atomic mass is 10.1. The van der Waals surface area contributed by atoms with E-state index in [-0.39, 0.29) is 12.1 Å². The summed E-state index contributed by atoms with van der Waals surface area (Å²) >= 11 is 6.01. The highest BCUT2D eigenvalue weighted by molar-refractivity contribution is 6.30. The number of piperidine rings is 1. The quantitative estimate of drug-likeness (QED) is 0.610. The zero-order chi connectivity index (χ0) is 23.8. The van der Waals surface area contributed by atoms with Crippen LogP contribution in [0, 0.1) is 0 Å². The van der Waals surface area contributed by atoms with E-state index in [1.54, 1.807) is 6.07 Å². The molecule has 8 heteroatoms. The molecular weight excluding hydrogens is 442 g/mol. The molecule has 2 aromatic rings. The molecule has 0 aromatic heterocycles. The van der Waals surface area contributed by atoms with Crippen molar-refractivity contribution in [3.05, 3.63) is 64.7 Å². The smallest absolute Gasteiger partial charge is 0.407 e. The van der Waals surface area contributed by atoms with E-state index in [4.69, 9.17) is 21.1 Å². The molecule has 0 aliphatic carbocycles. The average molecular weight is 474 g/mol. The standard InChI is InChI=1S/C25H32ClN3O4/c1-25(2,3)33-24(31)28-17-19-9-7-18(8-10-19)16-27-23(30)29-13-11-21(12-14-29)32-22-6-4-5-20(26)15-22/h4-10,15,21H,11-14,16-17H2,1-3H3,(H,27,30)(H,28,31). The minimum atomic E-state index is -0.523. The van der Waals surface area contributed by atoms with E-state index in [1.165, 1.54) is 0 Å². The Labute approximate surface area is 200 Å². The lowest BCUT2D eigenvalue weighted by Crippen LogP contribution is -2.46. The van der Waals surface area contributed by atoms with Gasteiger partial charge in [0.15, 0.2) is 0 Å². The largest absolute Gasteiger partial charge is 0.490 e. The summed E-state index contributed by atoms with van der Waals surface area (Å²) in [5.74, 6) is 0.759. The predicted octanol–water partition coefficient (Wildman–Crippen LogP) is 5.12. The molecule has 0 atom stereocenters. The number of carbonyl (C=O) groups is 2. The van der Waals surface area contributed by atoms with Gasteiger partial charge in [-0.1, -0.05) is 41.9 Å². The first-order valence-corrected chi connectivity index (χ1v) is 11.6. The van der Waals surface area contributed by atoms with E-state index >= 15 is 0 Å². The first kappa shape index (κ1) is 24.7. The number of hydrogen-bond acceptors (Lipinski definition) is 4. The van der Waals surface area contributed by atoms with Gasteiger partial charge in [0, 0.05) is 44.0 Å². The molecule has 1 aliphatic heterocycles. The number of nitrogens with zero attached hydrogens (tertiary/aromatic N) is 1. The number of carbonyl (C=O) groups excluding carboxylic acids is 2. The highest BCUT2D eigenvalue weighted by atomic mass is 35.5. The number of halogens is 1. The van der Waals surface area contributed by atoms with E-state index in [2.05, 4.69) is 10.6 Å². The Bertz CT molecular complexity index is 935. The summed E-state index contributed by atoms with van der Waals surface area (Å²) in [7, 11) is 0. The molecule has 0 radical (unpaired) electrons. The molecule has 2 aromatic carbocycles. The van der Waals surface area contributed by atoms with Crippen molar-refractivity contribution in [2.24, 2.45) is 0 Å². The number of rotatable bonds is 6. The molecule has 1 aliphatic rings. The molecule has 0 spiro atoms.